The van der Waals surface area contributed by atoms with Crippen molar-refractivity contribution in [2.75, 3.05) is 13.6 Å². The van der Waals surface area contributed by atoms with E-state index in [0.717, 1.165) is 5.78 Å². The van der Waals surface area contributed by atoms with E-state index in [9.17, 15) is 0 Å². The van der Waals surface area contributed by atoms with E-state index in [1.165, 1.54) is 25.1 Å². The molecule has 78 valence electrons. The molecule has 1 aliphatic rings. The average Bonchev–Trinajstić information content (AvgIpc) is 2.85. The highest BCUT2D eigenvalue weighted by atomic mass is 15.2. The molecule has 0 N–H and O–H groups in total. The monoisotopic (exact) mass is 202 g/mol. The van der Waals surface area contributed by atoms with Crippen LogP contribution in [-0.2, 0) is 0 Å². The number of aromatic nitrogens is 3. The van der Waals surface area contributed by atoms with Crippen LogP contribution < -0.4 is 0 Å². The van der Waals surface area contributed by atoms with Gasteiger partial charge in [0.2, 0.25) is 5.78 Å². The lowest BCUT2D eigenvalue weighted by atomic mass is 10.1. The molecule has 0 radical (unpaired) electrons. The van der Waals surface area contributed by atoms with Crippen LogP contribution in [0.25, 0.3) is 5.78 Å². The average molecular weight is 202 g/mol. The SMILES string of the molecule is CN1CCC[C@H]1c1ccnc2nccn12. The third kappa shape index (κ3) is 1.33. The van der Waals surface area contributed by atoms with Crippen molar-refractivity contribution in [3.63, 3.8) is 0 Å². The van der Waals surface area contributed by atoms with E-state index >= 15 is 0 Å². The van der Waals surface area contributed by atoms with E-state index in [0.29, 0.717) is 6.04 Å². The largest absolute Gasteiger partial charge is 0.298 e. The molecular weight excluding hydrogens is 188 g/mol. The van der Waals surface area contributed by atoms with Gasteiger partial charge in [-0.1, -0.05) is 0 Å². The van der Waals surface area contributed by atoms with E-state index < -0.39 is 0 Å². The van der Waals surface area contributed by atoms with Crippen molar-refractivity contribution < 1.29 is 0 Å². The van der Waals surface area contributed by atoms with Crippen LogP contribution in [0, 0.1) is 0 Å². The van der Waals surface area contributed by atoms with E-state index in [-0.39, 0.29) is 0 Å². The third-order valence-electron chi connectivity index (χ3n) is 3.20. The van der Waals surface area contributed by atoms with Gasteiger partial charge in [0.15, 0.2) is 0 Å². The summed E-state index contributed by atoms with van der Waals surface area (Å²) in [6.45, 7) is 1.18. The van der Waals surface area contributed by atoms with Gasteiger partial charge < -0.3 is 0 Å². The molecule has 1 atom stereocenters. The van der Waals surface area contributed by atoms with Gasteiger partial charge in [-0.2, -0.15) is 0 Å². The third-order valence-corrected chi connectivity index (χ3v) is 3.20. The zero-order valence-electron chi connectivity index (χ0n) is 8.80. The normalized spacial score (nSPS) is 22.6. The maximum absolute atomic E-state index is 4.23. The smallest absolute Gasteiger partial charge is 0.233 e. The highest BCUT2D eigenvalue weighted by Crippen LogP contribution is 2.29. The zero-order valence-corrected chi connectivity index (χ0v) is 8.80. The van der Waals surface area contributed by atoms with Crippen LogP contribution in [0.1, 0.15) is 24.6 Å². The minimum atomic E-state index is 0.518. The molecule has 0 saturated carbocycles. The van der Waals surface area contributed by atoms with Crippen LogP contribution in [0.4, 0.5) is 0 Å². The van der Waals surface area contributed by atoms with E-state index in [4.69, 9.17) is 0 Å². The van der Waals surface area contributed by atoms with Gasteiger partial charge >= 0.3 is 0 Å². The van der Waals surface area contributed by atoms with Crippen molar-refractivity contribution in [2.45, 2.75) is 18.9 Å². The van der Waals surface area contributed by atoms with Crippen LogP contribution >= 0.6 is 0 Å². The zero-order chi connectivity index (χ0) is 10.3. The lowest BCUT2D eigenvalue weighted by Crippen LogP contribution is -2.19. The Bertz CT molecular complexity index is 476. The molecular formula is C11H14N4. The molecule has 1 fully saturated rings. The Balaban J connectivity index is 2.13. The fourth-order valence-electron chi connectivity index (χ4n) is 2.41. The fraction of sp³-hybridized carbons (Fsp3) is 0.455. The molecule has 0 aliphatic carbocycles. The van der Waals surface area contributed by atoms with Gasteiger partial charge in [-0.15, -0.1) is 0 Å². The number of likely N-dealkylation sites (tertiary alicyclic amines) is 1. The molecule has 0 unspecified atom stereocenters. The summed E-state index contributed by atoms with van der Waals surface area (Å²) in [6, 6.07) is 2.62. The molecule has 0 aromatic carbocycles. The quantitative estimate of drug-likeness (QED) is 0.702. The summed E-state index contributed by atoms with van der Waals surface area (Å²) < 4.78 is 2.09. The van der Waals surface area contributed by atoms with Crippen LogP contribution in [0.2, 0.25) is 0 Å². The van der Waals surface area contributed by atoms with Crippen molar-refractivity contribution in [3.05, 3.63) is 30.4 Å². The Morgan fingerprint density at radius 3 is 3.00 bits per heavy atom. The number of hydrogen-bond donors (Lipinski definition) is 0. The molecule has 4 heteroatoms. The summed E-state index contributed by atoms with van der Waals surface area (Å²) in [5.74, 6) is 0.799. The van der Waals surface area contributed by atoms with Crippen LogP contribution in [0.15, 0.2) is 24.7 Å². The predicted octanol–water partition coefficient (Wildman–Crippen LogP) is 1.50. The van der Waals surface area contributed by atoms with Gasteiger partial charge in [0.25, 0.3) is 0 Å². The van der Waals surface area contributed by atoms with Crippen LogP contribution in [0.3, 0.4) is 0 Å². The second-order valence-corrected chi connectivity index (χ2v) is 4.11. The molecule has 0 amide bonds. The van der Waals surface area contributed by atoms with Crippen LogP contribution in [0.5, 0.6) is 0 Å². The molecule has 1 aliphatic heterocycles. The van der Waals surface area contributed by atoms with E-state index in [1.54, 1.807) is 6.20 Å². The second-order valence-electron chi connectivity index (χ2n) is 4.11. The van der Waals surface area contributed by atoms with Gasteiger partial charge in [0, 0.05) is 24.3 Å². The fourth-order valence-corrected chi connectivity index (χ4v) is 2.41. The topological polar surface area (TPSA) is 33.4 Å². The lowest BCUT2D eigenvalue weighted by molar-refractivity contribution is 0.310. The molecule has 3 rings (SSSR count). The van der Waals surface area contributed by atoms with Crippen LogP contribution in [-0.4, -0.2) is 32.9 Å². The summed E-state index contributed by atoms with van der Waals surface area (Å²) in [6.07, 6.45) is 8.15. The molecule has 0 spiro atoms. The summed E-state index contributed by atoms with van der Waals surface area (Å²) in [5.41, 5.74) is 1.30. The Morgan fingerprint density at radius 2 is 2.20 bits per heavy atom. The molecule has 1 saturated heterocycles. The minimum absolute atomic E-state index is 0.518. The van der Waals surface area contributed by atoms with Gasteiger partial charge in [0.05, 0.1) is 6.04 Å². The molecule has 2 aromatic heterocycles. The predicted molar refractivity (Wildman–Crippen MR) is 57.6 cm³/mol. The van der Waals surface area contributed by atoms with E-state index in [2.05, 4.69) is 32.4 Å². The Hall–Kier alpha value is -1.42. The Kier molecular flexibility index (Phi) is 1.95. The standard InChI is InChI=1S/C11H14N4/c1-14-7-2-3-9(14)10-4-5-12-11-13-6-8-15(10)11/h4-6,8-9H,2-3,7H2,1H3/t9-/m0/s1. The highest BCUT2D eigenvalue weighted by Gasteiger charge is 2.24. The maximum Gasteiger partial charge on any atom is 0.233 e. The van der Waals surface area contributed by atoms with Gasteiger partial charge in [-0.05, 0) is 32.5 Å². The molecule has 3 heterocycles. The van der Waals surface area contributed by atoms with Crippen molar-refractivity contribution >= 4 is 5.78 Å². The Morgan fingerprint density at radius 1 is 1.33 bits per heavy atom. The lowest BCUT2D eigenvalue weighted by Gasteiger charge is -2.20. The molecule has 15 heavy (non-hydrogen) atoms. The number of imidazole rings is 1. The summed E-state index contributed by atoms with van der Waals surface area (Å²) >= 11 is 0. The van der Waals surface area contributed by atoms with Gasteiger partial charge in [-0.25, -0.2) is 9.97 Å². The Labute approximate surface area is 88.6 Å². The minimum Gasteiger partial charge on any atom is -0.298 e. The van der Waals surface area contributed by atoms with Gasteiger partial charge in [-0.3, -0.25) is 9.30 Å². The summed E-state index contributed by atoms with van der Waals surface area (Å²) in [4.78, 5) is 10.8. The maximum atomic E-state index is 4.23. The highest BCUT2D eigenvalue weighted by molar-refractivity contribution is 5.31. The first-order valence-corrected chi connectivity index (χ1v) is 5.34. The van der Waals surface area contributed by atoms with Crippen molar-refractivity contribution in [1.29, 1.82) is 0 Å². The number of rotatable bonds is 1. The summed E-state index contributed by atoms with van der Waals surface area (Å²) in [5, 5.41) is 0. The first-order chi connectivity index (χ1) is 7.36. The first kappa shape index (κ1) is 8.85. The van der Waals surface area contributed by atoms with Gasteiger partial charge in [0.1, 0.15) is 0 Å². The first-order valence-electron chi connectivity index (χ1n) is 5.34. The second kappa shape index (κ2) is 3.31. The molecule has 4 nitrogen and oxygen atoms in total. The number of fused-ring (bicyclic) bond motifs is 1. The summed E-state index contributed by atoms with van der Waals surface area (Å²) in [7, 11) is 2.18. The molecule has 0 bridgehead atoms. The number of hydrogen-bond acceptors (Lipinski definition) is 3. The molecule has 2 aromatic rings. The van der Waals surface area contributed by atoms with Crippen molar-refractivity contribution in [2.24, 2.45) is 0 Å². The number of nitrogens with zero attached hydrogens (tertiary/aromatic N) is 4. The van der Waals surface area contributed by atoms with Crippen molar-refractivity contribution in [3.8, 4) is 0 Å². The van der Waals surface area contributed by atoms with E-state index in [1.807, 2.05) is 12.4 Å². The van der Waals surface area contributed by atoms with Crippen molar-refractivity contribution in [1.82, 2.24) is 19.3 Å².